The first-order chi connectivity index (χ1) is 11.3. The summed E-state index contributed by atoms with van der Waals surface area (Å²) in [6, 6.07) is 5.67. The number of benzene rings is 1. The van der Waals surface area contributed by atoms with Crippen LogP contribution in [0.4, 0.5) is 0 Å². The topological polar surface area (TPSA) is 62.7 Å². The van der Waals surface area contributed by atoms with Crippen molar-refractivity contribution in [2.24, 2.45) is 4.99 Å². The van der Waals surface area contributed by atoms with Crippen molar-refractivity contribution >= 4 is 28.4 Å². The Morgan fingerprint density at radius 3 is 2.50 bits per heavy atom. The molecule has 0 amide bonds. The van der Waals surface area contributed by atoms with Crippen molar-refractivity contribution in [3.8, 4) is 5.75 Å². The largest absolute Gasteiger partial charge is 0.497 e. The maximum atomic E-state index is 12.0. The van der Waals surface area contributed by atoms with Crippen LogP contribution in [0.3, 0.4) is 0 Å². The fourth-order valence-electron chi connectivity index (χ4n) is 1.96. The van der Waals surface area contributed by atoms with Gasteiger partial charge in [0.1, 0.15) is 5.75 Å². The molecule has 0 aliphatic carbocycles. The highest BCUT2D eigenvalue weighted by atomic mass is 35.5. The summed E-state index contributed by atoms with van der Waals surface area (Å²) >= 11 is 6.23. The molecule has 0 spiro atoms. The number of halogens is 1. The van der Waals surface area contributed by atoms with Gasteiger partial charge in [0.15, 0.2) is 5.96 Å². The second-order valence-electron chi connectivity index (χ2n) is 6.30. The molecule has 0 heterocycles. The van der Waals surface area contributed by atoms with Crippen LogP contribution in [0.1, 0.15) is 26.3 Å². The summed E-state index contributed by atoms with van der Waals surface area (Å²) in [6.45, 7) is 7.26. The number of ether oxygens (including phenoxy) is 1. The monoisotopic (exact) mass is 373 g/mol. The van der Waals surface area contributed by atoms with Crippen LogP contribution in [0.15, 0.2) is 23.2 Å². The molecule has 0 saturated heterocycles. The quantitative estimate of drug-likeness (QED) is 0.569. The van der Waals surface area contributed by atoms with Gasteiger partial charge in [-0.05, 0) is 44.9 Å². The van der Waals surface area contributed by atoms with E-state index in [9.17, 15) is 4.21 Å². The third kappa shape index (κ3) is 7.09. The van der Waals surface area contributed by atoms with Crippen molar-refractivity contribution in [2.45, 2.75) is 31.9 Å². The van der Waals surface area contributed by atoms with Crippen LogP contribution >= 0.6 is 11.6 Å². The molecule has 1 rings (SSSR count). The zero-order valence-electron chi connectivity index (χ0n) is 15.1. The fourth-order valence-corrected chi connectivity index (χ4v) is 3.13. The van der Waals surface area contributed by atoms with Crippen LogP contribution < -0.4 is 15.4 Å². The van der Waals surface area contributed by atoms with Crippen LogP contribution in [0.5, 0.6) is 5.75 Å². The summed E-state index contributed by atoms with van der Waals surface area (Å²) < 4.78 is 17.0. The van der Waals surface area contributed by atoms with Crippen LogP contribution in [0.25, 0.3) is 0 Å². The zero-order valence-corrected chi connectivity index (χ0v) is 16.7. The second-order valence-corrected chi connectivity index (χ2v) is 9.03. The van der Waals surface area contributed by atoms with Gasteiger partial charge >= 0.3 is 0 Å². The van der Waals surface area contributed by atoms with E-state index in [4.69, 9.17) is 16.3 Å². The minimum absolute atomic E-state index is 0.191. The second kappa shape index (κ2) is 9.89. The van der Waals surface area contributed by atoms with Gasteiger partial charge in [0.05, 0.1) is 7.11 Å². The van der Waals surface area contributed by atoms with Crippen molar-refractivity contribution in [2.75, 3.05) is 33.0 Å². The standard InChI is InChI=1S/C17H28ClN3O2S/c1-17(2,3)24(22)11-10-21-16(19-4)20-9-8-13-6-7-14(23-5)12-15(13)18/h6-7,12H,8-11H2,1-5H3,(H2,19,20,21). The van der Waals surface area contributed by atoms with Crippen molar-refractivity contribution in [1.82, 2.24) is 10.6 Å². The number of hydrogen-bond acceptors (Lipinski definition) is 3. The fraction of sp³-hybridized carbons (Fsp3) is 0.588. The smallest absolute Gasteiger partial charge is 0.191 e. The molecule has 1 atom stereocenters. The molecule has 136 valence electrons. The van der Waals surface area contributed by atoms with Crippen LogP contribution in [0, 0.1) is 0 Å². The highest BCUT2D eigenvalue weighted by Crippen LogP contribution is 2.22. The zero-order chi connectivity index (χ0) is 18.2. The third-order valence-electron chi connectivity index (χ3n) is 3.43. The molecule has 0 saturated carbocycles. The Balaban J connectivity index is 2.38. The summed E-state index contributed by atoms with van der Waals surface area (Å²) in [7, 11) is 2.47. The number of nitrogens with zero attached hydrogens (tertiary/aromatic N) is 1. The summed E-state index contributed by atoms with van der Waals surface area (Å²) in [5.74, 6) is 2.04. The number of aliphatic imine (C=N–C) groups is 1. The third-order valence-corrected chi connectivity index (χ3v) is 5.73. The van der Waals surface area contributed by atoms with Gasteiger partial charge in [0, 0.05) is 46.5 Å². The van der Waals surface area contributed by atoms with Gasteiger partial charge < -0.3 is 15.4 Å². The van der Waals surface area contributed by atoms with E-state index in [1.54, 1.807) is 14.2 Å². The average molecular weight is 374 g/mol. The van der Waals surface area contributed by atoms with E-state index in [0.717, 1.165) is 17.7 Å². The first-order valence-corrected chi connectivity index (χ1v) is 9.63. The maximum absolute atomic E-state index is 12.0. The van der Waals surface area contributed by atoms with Gasteiger partial charge in [-0.2, -0.15) is 0 Å². The Morgan fingerprint density at radius 1 is 1.29 bits per heavy atom. The minimum Gasteiger partial charge on any atom is -0.497 e. The Morgan fingerprint density at radius 2 is 1.96 bits per heavy atom. The molecule has 24 heavy (non-hydrogen) atoms. The lowest BCUT2D eigenvalue weighted by Gasteiger charge is -2.18. The predicted octanol–water partition coefficient (Wildman–Crippen LogP) is 2.60. The lowest BCUT2D eigenvalue weighted by molar-refractivity contribution is 0.414. The molecule has 0 fully saturated rings. The van der Waals surface area contributed by atoms with Gasteiger partial charge in [-0.1, -0.05) is 17.7 Å². The van der Waals surface area contributed by atoms with Crippen molar-refractivity contribution < 1.29 is 8.95 Å². The van der Waals surface area contributed by atoms with E-state index in [1.165, 1.54) is 0 Å². The van der Waals surface area contributed by atoms with Crippen molar-refractivity contribution in [3.63, 3.8) is 0 Å². The number of methoxy groups -OCH3 is 1. The summed E-state index contributed by atoms with van der Waals surface area (Å²) in [6.07, 6.45) is 0.775. The highest BCUT2D eigenvalue weighted by molar-refractivity contribution is 7.86. The first kappa shape index (κ1) is 20.8. The summed E-state index contributed by atoms with van der Waals surface area (Å²) in [4.78, 5) is 4.17. The summed E-state index contributed by atoms with van der Waals surface area (Å²) in [5.41, 5.74) is 1.05. The molecular formula is C17H28ClN3O2S. The molecule has 0 bridgehead atoms. The maximum Gasteiger partial charge on any atom is 0.191 e. The van der Waals surface area contributed by atoms with Gasteiger partial charge in [0.25, 0.3) is 0 Å². The minimum atomic E-state index is -0.872. The first-order valence-electron chi connectivity index (χ1n) is 7.93. The van der Waals surface area contributed by atoms with Gasteiger partial charge in [-0.3, -0.25) is 9.20 Å². The van der Waals surface area contributed by atoms with Gasteiger partial charge in [-0.25, -0.2) is 0 Å². The van der Waals surface area contributed by atoms with E-state index in [-0.39, 0.29) is 4.75 Å². The van der Waals surface area contributed by atoms with Gasteiger partial charge in [0.2, 0.25) is 0 Å². The van der Waals surface area contributed by atoms with E-state index in [2.05, 4.69) is 15.6 Å². The van der Waals surface area contributed by atoms with Crippen molar-refractivity contribution in [1.29, 1.82) is 0 Å². The Kier molecular flexibility index (Phi) is 8.56. The summed E-state index contributed by atoms with van der Waals surface area (Å²) in [5, 5.41) is 7.11. The SMILES string of the molecule is CN=C(NCCc1ccc(OC)cc1Cl)NCCS(=O)C(C)(C)C. The molecule has 5 nitrogen and oxygen atoms in total. The molecule has 1 aromatic carbocycles. The van der Waals surface area contributed by atoms with Crippen molar-refractivity contribution in [3.05, 3.63) is 28.8 Å². The lowest BCUT2D eigenvalue weighted by atomic mass is 10.1. The Hall–Kier alpha value is -1.27. The molecule has 2 N–H and O–H groups in total. The number of nitrogens with one attached hydrogen (secondary N) is 2. The molecule has 0 aliphatic heterocycles. The van der Waals surface area contributed by atoms with Crippen LogP contribution in [-0.2, 0) is 17.2 Å². The molecular weight excluding hydrogens is 346 g/mol. The van der Waals surface area contributed by atoms with Crippen LogP contribution in [0.2, 0.25) is 5.02 Å². The molecule has 1 unspecified atom stereocenters. The molecule has 0 radical (unpaired) electrons. The normalized spacial score (nSPS) is 13.5. The van der Waals surface area contributed by atoms with E-state index < -0.39 is 10.8 Å². The average Bonchev–Trinajstić information content (AvgIpc) is 2.53. The molecule has 0 aliphatic rings. The van der Waals surface area contributed by atoms with E-state index >= 15 is 0 Å². The number of rotatable bonds is 7. The Bertz CT molecular complexity index is 586. The highest BCUT2D eigenvalue weighted by Gasteiger charge is 2.18. The molecule has 7 heteroatoms. The lowest BCUT2D eigenvalue weighted by Crippen LogP contribution is -2.41. The van der Waals surface area contributed by atoms with E-state index in [0.29, 0.717) is 29.8 Å². The van der Waals surface area contributed by atoms with Gasteiger partial charge in [-0.15, -0.1) is 0 Å². The van der Waals surface area contributed by atoms with Crippen LogP contribution in [-0.4, -0.2) is 47.9 Å². The Labute approximate surface area is 152 Å². The molecule has 0 aromatic heterocycles. The number of guanidine groups is 1. The van der Waals surface area contributed by atoms with E-state index in [1.807, 2.05) is 39.0 Å². The number of hydrogen-bond donors (Lipinski definition) is 2. The molecule has 1 aromatic rings. The predicted molar refractivity (Wildman–Crippen MR) is 104 cm³/mol.